The number of rotatable bonds is 3. The molecule has 1 rings (SSSR count). The summed E-state index contributed by atoms with van der Waals surface area (Å²) in [5, 5.41) is 3.33. The van der Waals surface area contributed by atoms with Crippen molar-refractivity contribution in [1.82, 2.24) is 0 Å². The number of hydrogen-bond donors (Lipinski definition) is 1. The van der Waals surface area contributed by atoms with E-state index in [9.17, 15) is 0 Å². The van der Waals surface area contributed by atoms with Gasteiger partial charge in [0.25, 0.3) is 5.95 Å². The Morgan fingerprint density at radius 1 is 1.75 bits per heavy atom. The molecule has 0 saturated heterocycles. The van der Waals surface area contributed by atoms with E-state index in [-0.39, 0.29) is 0 Å². The van der Waals surface area contributed by atoms with Gasteiger partial charge in [0.15, 0.2) is 0 Å². The molecule has 0 saturated carbocycles. The van der Waals surface area contributed by atoms with E-state index >= 15 is 0 Å². The Labute approximate surface area is 71.4 Å². The first-order valence-corrected chi connectivity index (χ1v) is 3.80. The van der Waals surface area contributed by atoms with Crippen molar-refractivity contribution in [3.05, 3.63) is 24.2 Å². The van der Waals surface area contributed by atoms with Crippen molar-refractivity contribution in [1.29, 1.82) is 5.53 Å². The number of ether oxygens (including phenoxy) is 2. The Kier molecular flexibility index (Phi) is 2.47. The van der Waals surface area contributed by atoms with E-state index in [1.165, 1.54) is 0 Å². The Morgan fingerprint density at radius 2 is 2.50 bits per heavy atom. The van der Waals surface area contributed by atoms with E-state index in [1.807, 2.05) is 6.92 Å². The van der Waals surface area contributed by atoms with Crippen LogP contribution in [0.25, 0.3) is 0 Å². The fourth-order valence-electron chi connectivity index (χ4n) is 0.857. The van der Waals surface area contributed by atoms with Gasteiger partial charge in [0.05, 0.1) is 6.61 Å². The summed E-state index contributed by atoms with van der Waals surface area (Å²) in [6, 6.07) is 0. The van der Waals surface area contributed by atoms with E-state index < -0.39 is 5.72 Å². The Bertz CT molecular complexity index is 235. The Morgan fingerprint density at radius 3 is 3.08 bits per heavy atom. The van der Waals surface area contributed by atoms with Crippen molar-refractivity contribution in [2.45, 2.75) is 19.6 Å². The molecule has 0 aromatic carbocycles. The van der Waals surface area contributed by atoms with Gasteiger partial charge in [-0.3, -0.25) is 0 Å². The smallest absolute Gasteiger partial charge is 0.281 e. The van der Waals surface area contributed by atoms with Gasteiger partial charge in [0.2, 0.25) is 5.72 Å². The molecule has 1 unspecified atom stereocenters. The van der Waals surface area contributed by atoms with Crippen LogP contribution in [0, 0.1) is 5.53 Å². The number of hydrogen-bond acceptors (Lipinski definition) is 4. The highest BCUT2D eigenvalue weighted by Crippen LogP contribution is 2.22. The van der Waals surface area contributed by atoms with Crippen molar-refractivity contribution >= 4 is 0 Å². The predicted molar refractivity (Wildman–Crippen MR) is 43.5 cm³/mol. The highest BCUT2D eigenvalue weighted by atomic mass is 16.7. The van der Waals surface area contributed by atoms with E-state index in [0.717, 1.165) is 0 Å². The number of allylic oxidation sites excluding steroid dienone is 2. The van der Waals surface area contributed by atoms with Gasteiger partial charge in [-0.1, -0.05) is 6.08 Å². The van der Waals surface area contributed by atoms with Crippen molar-refractivity contribution in [2.24, 2.45) is 5.11 Å². The number of nitrogens with zero attached hydrogens (tertiary/aromatic N) is 1. The molecule has 0 bridgehead atoms. The molecule has 1 aliphatic rings. The second kappa shape index (κ2) is 3.38. The summed E-state index contributed by atoms with van der Waals surface area (Å²) < 4.78 is 10.4. The molecule has 0 aliphatic carbocycles. The molecule has 1 heterocycles. The predicted octanol–water partition coefficient (Wildman–Crippen LogP) is 2.20. The minimum absolute atomic E-state index is 0.415. The summed E-state index contributed by atoms with van der Waals surface area (Å²) in [4.78, 5) is 0. The maximum Gasteiger partial charge on any atom is 0.281 e. The van der Waals surface area contributed by atoms with Crippen LogP contribution in [-0.4, -0.2) is 12.3 Å². The molecule has 1 atom stereocenters. The van der Waals surface area contributed by atoms with Crippen molar-refractivity contribution < 1.29 is 9.47 Å². The molecule has 0 fully saturated rings. The highest BCUT2D eigenvalue weighted by Gasteiger charge is 2.25. The van der Waals surface area contributed by atoms with Gasteiger partial charge in [-0.25, -0.2) is 5.53 Å². The van der Waals surface area contributed by atoms with Crippen LogP contribution in [0.4, 0.5) is 0 Å². The Balaban J connectivity index is 2.66. The van der Waals surface area contributed by atoms with Crippen molar-refractivity contribution in [2.75, 3.05) is 6.61 Å². The largest absolute Gasteiger partial charge is 0.466 e. The summed E-state index contributed by atoms with van der Waals surface area (Å²) in [5.41, 5.74) is 5.99. The van der Waals surface area contributed by atoms with Crippen LogP contribution in [0.15, 0.2) is 29.3 Å². The molecule has 4 heteroatoms. The third-order valence-corrected chi connectivity index (χ3v) is 1.45. The van der Waals surface area contributed by atoms with Gasteiger partial charge in [0, 0.05) is 13.0 Å². The van der Waals surface area contributed by atoms with Crippen LogP contribution in [0.1, 0.15) is 13.8 Å². The summed E-state index contributed by atoms with van der Waals surface area (Å²) in [5.74, 6) is 0.415. The van der Waals surface area contributed by atoms with Crippen LogP contribution in [0.3, 0.4) is 0 Å². The lowest BCUT2D eigenvalue weighted by Gasteiger charge is -2.24. The summed E-state index contributed by atoms with van der Waals surface area (Å²) in [6.07, 6.45) is 5.17. The van der Waals surface area contributed by atoms with Gasteiger partial charge in [-0.15, -0.1) is 5.11 Å². The molecule has 0 radical (unpaired) electrons. The van der Waals surface area contributed by atoms with Crippen LogP contribution >= 0.6 is 0 Å². The molecular formula is C8H12N2O2. The zero-order valence-electron chi connectivity index (χ0n) is 7.20. The molecule has 0 aromatic rings. The fraction of sp³-hybridized carbons (Fsp3) is 0.500. The minimum atomic E-state index is -0.890. The van der Waals surface area contributed by atoms with Gasteiger partial charge in [0.1, 0.15) is 0 Å². The summed E-state index contributed by atoms with van der Waals surface area (Å²) >= 11 is 0. The zero-order chi connectivity index (χ0) is 9.03. The van der Waals surface area contributed by atoms with E-state index in [2.05, 4.69) is 5.11 Å². The molecule has 1 aliphatic heterocycles. The van der Waals surface area contributed by atoms with Crippen LogP contribution in [0.5, 0.6) is 0 Å². The van der Waals surface area contributed by atoms with Gasteiger partial charge < -0.3 is 9.47 Å². The van der Waals surface area contributed by atoms with Gasteiger partial charge in [-0.2, -0.15) is 0 Å². The second-order valence-electron chi connectivity index (χ2n) is 2.55. The molecule has 4 nitrogen and oxygen atoms in total. The lowest BCUT2D eigenvalue weighted by molar-refractivity contribution is -0.0389. The molecule has 0 spiro atoms. The van der Waals surface area contributed by atoms with Crippen LogP contribution in [0.2, 0.25) is 0 Å². The first-order chi connectivity index (χ1) is 5.70. The zero-order valence-corrected chi connectivity index (χ0v) is 7.20. The van der Waals surface area contributed by atoms with Gasteiger partial charge in [-0.05, 0) is 13.0 Å². The monoisotopic (exact) mass is 168 g/mol. The standard InChI is InChI=1S/C8H12N2O2/c1-3-11-7-5-4-6-8(2,10-9)12-7/h4-6,9H,3H2,1-2H3. The average Bonchev–Trinajstić information content (AvgIpc) is 2.05. The van der Waals surface area contributed by atoms with Crippen LogP contribution < -0.4 is 0 Å². The molecular weight excluding hydrogens is 156 g/mol. The average molecular weight is 168 g/mol. The molecule has 66 valence electrons. The minimum Gasteiger partial charge on any atom is -0.466 e. The summed E-state index contributed by atoms with van der Waals surface area (Å²) in [7, 11) is 0. The molecule has 0 aromatic heterocycles. The third kappa shape index (κ3) is 1.84. The van der Waals surface area contributed by atoms with E-state index in [1.54, 1.807) is 25.2 Å². The van der Waals surface area contributed by atoms with Gasteiger partial charge >= 0.3 is 0 Å². The SMILES string of the molecule is CCOC1=CC=CC(C)(N=N)O1. The highest BCUT2D eigenvalue weighted by molar-refractivity contribution is 5.14. The van der Waals surface area contributed by atoms with Crippen molar-refractivity contribution in [3.63, 3.8) is 0 Å². The quantitative estimate of drug-likeness (QED) is 0.657. The number of nitrogens with one attached hydrogen (secondary N) is 1. The van der Waals surface area contributed by atoms with E-state index in [0.29, 0.717) is 12.6 Å². The normalized spacial score (nSPS) is 27.3. The molecule has 1 N–H and O–H groups in total. The first-order valence-electron chi connectivity index (χ1n) is 3.80. The maximum atomic E-state index is 6.88. The second-order valence-corrected chi connectivity index (χ2v) is 2.55. The van der Waals surface area contributed by atoms with Crippen molar-refractivity contribution in [3.8, 4) is 0 Å². The molecule has 12 heavy (non-hydrogen) atoms. The van der Waals surface area contributed by atoms with Crippen LogP contribution in [-0.2, 0) is 9.47 Å². The fourth-order valence-corrected chi connectivity index (χ4v) is 0.857. The summed E-state index contributed by atoms with van der Waals surface area (Å²) in [6.45, 7) is 4.12. The first kappa shape index (κ1) is 8.77. The van der Waals surface area contributed by atoms with E-state index in [4.69, 9.17) is 15.0 Å². The topological polar surface area (TPSA) is 54.7 Å². The lowest BCUT2D eigenvalue weighted by Crippen LogP contribution is -2.24. The third-order valence-electron chi connectivity index (χ3n) is 1.45. The molecule has 0 amide bonds. The lowest BCUT2D eigenvalue weighted by atomic mass is 10.2. The Hall–Kier alpha value is -1.32. The maximum absolute atomic E-state index is 6.88.